The lowest BCUT2D eigenvalue weighted by molar-refractivity contribution is -0.434. The molecule has 1 aromatic heterocycles. The Morgan fingerprint density at radius 2 is 1.56 bits per heavy atom. The number of aromatic nitrogens is 3. The maximum atomic E-state index is 12.5. The van der Waals surface area contributed by atoms with Crippen molar-refractivity contribution in [3.8, 4) is 5.75 Å². The summed E-state index contributed by atoms with van der Waals surface area (Å²) < 4.78 is 71.6. The number of benzene rings is 4. The molecular weight excluding hydrogens is 794 g/mol. The van der Waals surface area contributed by atoms with E-state index in [1.807, 2.05) is 0 Å². The number of halogens is 1. The van der Waals surface area contributed by atoms with Crippen LogP contribution in [0.4, 0.5) is 34.6 Å². The Morgan fingerprint density at radius 3 is 2.27 bits per heavy atom. The maximum absolute atomic E-state index is 12.5. The molecule has 5 aromatic rings. The second-order valence-electron chi connectivity index (χ2n) is 9.75. The van der Waals surface area contributed by atoms with Crippen LogP contribution >= 0.6 is 36.0 Å². The van der Waals surface area contributed by atoms with Crippen LogP contribution < -0.4 is 10.6 Å². The number of aromatic hydroxyl groups is 1. The van der Waals surface area contributed by atoms with Crippen molar-refractivity contribution in [3.05, 3.63) is 78.1 Å². The third-order valence-electron chi connectivity index (χ3n) is 6.48. The molecule has 0 saturated carbocycles. The van der Waals surface area contributed by atoms with E-state index in [4.69, 9.17) is 26.3 Å². The fraction of sp³-hybridized carbons (Fsp3) is 0.0741. The first-order valence-electron chi connectivity index (χ1n) is 13.9. The number of hydrogen-bond donors (Lipinski definition) is 6. The molecule has 0 spiro atoms. The van der Waals surface area contributed by atoms with Crippen molar-refractivity contribution < 1.29 is 59.9 Å². The summed E-state index contributed by atoms with van der Waals surface area (Å²) in [5.74, 6) is -0.937. The highest BCUT2D eigenvalue weighted by Gasteiger charge is 2.19. The number of rotatable bonds is 17. The zero-order chi connectivity index (χ0) is 37.3. The average Bonchev–Trinajstić information content (AvgIpc) is 3.10. The second-order valence-corrected chi connectivity index (χ2v) is 14.8. The van der Waals surface area contributed by atoms with Crippen molar-refractivity contribution >= 4 is 101 Å². The molecule has 0 atom stereocenters. The van der Waals surface area contributed by atoms with Gasteiger partial charge in [0.05, 0.1) is 45.6 Å². The summed E-state index contributed by atoms with van der Waals surface area (Å²) in [5.41, 5.74) is 0.521. The van der Waals surface area contributed by atoms with Crippen molar-refractivity contribution in [1.82, 2.24) is 15.0 Å². The van der Waals surface area contributed by atoms with Crippen LogP contribution in [0, 0.1) is 0 Å². The van der Waals surface area contributed by atoms with Gasteiger partial charge in [0.1, 0.15) is 10.6 Å². The largest absolute Gasteiger partial charge is 0.505 e. The van der Waals surface area contributed by atoms with Crippen LogP contribution in [0.25, 0.3) is 10.8 Å². The standard InChI is InChI=1S/C27H22ClN7O13S4/c28-25-31-26(33-27(32-25)30-20-3-1-2-4-22(20)52(41,42)43)29-17-7-10-19-15(13-17)14-21(49-47-45-37)23(24(19)36)35-34-16-5-8-18(9-6-16)51(39,40)12-11-44-50-48-46-38/h1-10,13-14,36-38H,11-12H2,(H,41,42,43)(H2,29,30,31,32,33). The fourth-order valence-corrected chi connectivity index (χ4v) is 7.02. The van der Waals surface area contributed by atoms with E-state index in [1.165, 1.54) is 54.6 Å². The smallest absolute Gasteiger partial charge is 0.296 e. The molecule has 0 unspecified atom stereocenters. The molecule has 1 heterocycles. The van der Waals surface area contributed by atoms with Gasteiger partial charge in [-0.3, -0.25) is 8.74 Å². The molecule has 20 nitrogen and oxygen atoms in total. The highest BCUT2D eigenvalue weighted by atomic mass is 35.5. The van der Waals surface area contributed by atoms with Crippen LogP contribution in [0.1, 0.15) is 0 Å². The van der Waals surface area contributed by atoms with Gasteiger partial charge in [-0.25, -0.2) is 18.9 Å². The summed E-state index contributed by atoms with van der Waals surface area (Å²) in [7, 11) is -8.32. The summed E-state index contributed by atoms with van der Waals surface area (Å²) in [4.78, 5) is 11.9. The number of para-hydroxylation sites is 1. The molecule has 5 rings (SSSR count). The lowest BCUT2D eigenvalue weighted by Crippen LogP contribution is -2.10. The van der Waals surface area contributed by atoms with E-state index < -0.39 is 30.6 Å². The fourth-order valence-electron chi connectivity index (χ4n) is 4.30. The average molecular weight is 816 g/mol. The first kappa shape index (κ1) is 38.9. The Kier molecular flexibility index (Phi) is 13.1. The Balaban J connectivity index is 1.37. The van der Waals surface area contributed by atoms with Gasteiger partial charge in [-0.1, -0.05) is 22.2 Å². The number of azo groups is 1. The number of anilines is 4. The number of phenols is 1. The van der Waals surface area contributed by atoms with E-state index in [2.05, 4.69) is 54.6 Å². The third kappa shape index (κ3) is 10.2. The molecule has 0 aliphatic rings. The number of nitrogens with zero attached hydrogens (tertiary/aromatic N) is 5. The number of fused-ring (bicyclic) bond motifs is 1. The Morgan fingerprint density at radius 1 is 0.846 bits per heavy atom. The maximum Gasteiger partial charge on any atom is 0.296 e. The van der Waals surface area contributed by atoms with Gasteiger partial charge in [0, 0.05) is 11.1 Å². The van der Waals surface area contributed by atoms with Gasteiger partial charge in [0.25, 0.3) is 10.1 Å². The molecule has 0 aliphatic heterocycles. The van der Waals surface area contributed by atoms with Crippen LogP contribution in [0.15, 0.2) is 97.7 Å². The lowest BCUT2D eigenvalue weighted by Gasteiger charge is -2.12. The van der Waals surface area contributed by atoms with Gasteiger partial charge in [-0.2, -0.15) is 28.5 Å². The zero-order valence-corrected chi connectivity index (χ0v) is 29.6. The second kappa shape index (κ2) is 17.5. The topological polar surface area (TPSA) is 283 Å². The molecule has 52 heavy (non-hydrogen) atoms. The van der Waals surface area contributed by atoms with Crippen LogP contribution in [-0.4, -0.2) is 64.3 Å². The molecule has 0 amide bonds. The van der Waals surface area contributed by atoms with Gasteiger partial charge in [0.15, 0.2) is 27.9 Å². The molecule has 25 heteroatoms. The van der Waals surface area contributed by atoms with Crippen LogP contribution in [0.3, 0.4) is 0 Å². The number of hydrogen-bond acceptors (Lipinski definition) is 21. The van der Waals surface area contributed by atoms with E-state index in [0.29, 0.717) is 28.5 Å². The first-order valence-corrected chi connectivity index (χ1v) is 18.7. The quantitative estimate of drug-likeness (QED) is 0.0141. The summed E-state index contributed by atoms with van der Waals surface area (Å²) in [6.07, 6.45) is 0. The minimum atomic E-state index is -4.57. The summed E-state index contributed by atoms with van der Waals surface area (Å²) in [6, 6.07) is 17.1. The van der Waals surface area contributed by atoms with E-state index in [9.17, 15) is 26.5 Å². The van der Waals surface area contributed by atoms with Crippen molar-refractivity contribution in [2.75, 3.05) is 23.0 Å². The van der Waals surface area contributed by atoms with Crippen molar-refractivity contribution in [3.63, 3.8) is 0 Å². The molecule has 0 fully saturated rings. The van der Waals surface area contributed by atoms with Crippen LogP contribution in [-0.2, 0) is 42.9 Å². The minimum Gasteiger partial charge on any atom is -0.505 e. The van der Waals surface area contributed by atoms with Gasteiger partial charge in [0.2, 0.25) is 17.2 Å². The summed E-state index contributed by atoms with van der Waals surface area (Å²) in [5, 5.41) is 49.4. The summed E-state index contributed by atoms with van der Waals surface area (Å²) >= 11 is 6.84. The normalized spacial score (nSPS) is 12.1. The van der Waals surface area contributed by atoms with Gasteiger partial charge in [-0.15, -0.1) is 13.8 Å². The summed E-state index contributed by atoms with van der Waals surface area (Å²) in [6.45, 7) is -0.265. The van der Waals surface area contributed by atoms with Gasteiger partial charge < -0.3 is 15.7 Å². The Hall–Kier alpha value is -4.28. The van der Waals surface area contributed by atoms with E-state index >= 15 is 0 Å². The molecule has 0 aliphatic carbocycles. The first-order chi connectivity index (χ1) is 24.9. The van der Waals surface area contributed by atoms with E-state index in [1.54, 1.807) is 18.2 Å². The predicted molar refractivity (Wildman–Crippen MR) is 185 cm³/mol. The van der Waals surface area contributed by atoms with Gasteiger partial charge in [-0.05, 0) is 77.7 Å². The molecule has 0 radical (unpaired) electrons. The molecular formula is C27H22ClN7O13S4. The van der Waals surface area contributed by atoms with Crippen molar-refractivity contribution in [2.45, 2.75) is 14.7 Å². The lowest BCUT2D eigenvalue weighted by atomic mass is 10.1. The molecule has 274 valence electrons. The number of phenolic OH excluding ortho intramolecular Hbond substituents is 1. The molecule has 0 saturated heterocycles. The molecule has 4 aromatic carbocycles. The SMILES string of the molecule is O=S(=O)(O)c1ccccc1Nc1nc(Cl)nc(Nc2ccc3c(O)c(N=Nc4ccc(S(=O)(=O)CCOSOOO)cc4)c(SOOO)cc3c2)n1. The monoisotopic (exact) mass is 815 g/mol. The molecule has 0 bridgehead atoms. The third-order valence-corrected chi connectivity index (χ3v) is 10.3. The highest BCUT2D eigenvalue weighted by molar-refractivity contribution is 7.94. The zero-order valence-electron chi connectivity index (χ0n) is 25.6. The van der Waals surface area contributed by atoms with Gasteiger partial charge >= 0.3 is 0 Å². The minimum absolute atomic E-state index is 0.0174. The van der Waals surface area contributed by atoms with Crippen molar-refractivity contribution in [1.29, 1.82) is 0 Å². The predicted octanol–water partition coefficient (Wildman–Crippen LogP) is 6.74. The molecule has 6 N–H and O–H groups in total. The Labute approximate surface area is 306 Å². The number of nitrogens with one attached hydrogen (secondary N) is 2. The van der Waals surface area contributed by atoms with E-state index in [0.717, 1.165) is 0 Å². The Bertz CT molecular complexity index is 2310. The highest BCUT2D eigenvalue weighted by Crippen LogP contribution is 2.44. The number of sulfone groups is 1. The van der Waals surface area contributed by atoms with Crippen LogP contribution in [0.2, 0.25) is 5.28 Å². The van der Waals surface area contributed by atoms with Crippen LogP contribution in [0.5, 0.6) is 5.75 Å². The van der Waals surface area contributed by atoms with Crippen molar-refractivity contribution in [2.24, 2.45) is 10.2 Å². The van der Waals surface area contributed by atoms with E-state index in [-0.39, 0.29) is 68.7 Å².